The summed E-state index contributed by atoms with van der Waals surface area (Å²) < 4.78 is 1.67. The smallest absolute Gasteiger partial charge is 0.273 e. The van der Waals surface area contributed by atoms with Crippen molar-refractivity contribution in [3.05, 3.63) is 42.0 Å². The molecule has 8 heteroatoms. The van der Waals surface area contributed by atoms with Crippen LogP contribution in [-0.4, -0.2) is 55.3 Å². The second kappa shape index (κ2) is 7.85. The fourth-order valence-corrected chi connectivity index (χ4v) is 3.99. The highest BCUT2D eigenvalue weighted by Crippen LogP contribution is 2.21. The van der Waals surface area contributed by atoms with Crippen LogP contribution in [0.15, 0.2) is 30.7 Å². The second-order valence-corrected chi connectivity index (χ2v) is 7.31. The molecule has 142 valence electrons. The Morgan fingerprint density at radius 3 is 2.67 bits per heavy atom. The molecule has 1 saturated heterocycles. The number of rotatable bonds is 5. The molecular formula is C19H24N6O2. The Labute approximate surface area is 158 Å². The quantitative estimate of drug-likeness (QED) is 0.866. The van der Waals surface area contributed by atoms with Crippen molar-refractivity contribution in [1.82, 2.24) is 30.2 Å². The SMILES string of the molecule is O=C(NC1CCCC1)c1cn(C[C@@H]2CCCN2C(=O)c2ccncc2)nn1. The van der Waals surface area contributed by atoms with E-state index in [0.717, 1.165) is 32.2 Å². The third-order valence-electron chi connectivity index (χ3n) is 5.42. The summed E-state index contributed by atoms with van der Waals surface area (Å²) in [5, 5.41) is 11.1. The molecule has 3 heterocycles. The van der Waals surface area contributed by atoms with Gasteiger partial charge < -0.3 is 10.2 Å². The monoisotopic (exact) mass is 368 g/mol. The summed E-state index contributed by atoms with van der Waals surface area (Å²) in [6.45, 7) is 1.27. The minimum atomic E-state index is -0.163. The van der Waals surface area contributed by atoms with Gasteiger partial charge in [0.05, 0.1) is 18.8 Å². The van der Waals surface area contributed by atoms with E-state index >= 15 is 0 Å². The number of pyridine rings is 1. The highest BCUT2D eigenvalue weighted by molar-refractivity contribution is 5.94. The van der Waals surface area contributed by atoms with E-state index in [4.69, 9.17) is 0 Å². The highest BCUT2D eigenvalue weighted by atomic mass is 16.2. The van der Waals surface area contributed by atoms with Crippen molar-refractivity contribution in [3.8, 4) is 0 Å². The Morgan fingerprint density at radius 2 is 1.89 bits per heavy atom. The molecule has 0 aromatic carbocycles. The Kier molecular flexibility index (Phi) is 5.13. The van der Waals surface area contributed by atoms with Crippen LogP contribution in [0.25, 0.3) is 0 Å². The molecule has 0 radical (unpaired) electrons. The van der Waals surface area contributed by atoms with Gasteiger partial charge in [-0.3, -0.25) is 14.6 Å². The molecule has 4 rings (SSSR count). The zero-order valence-corrected chi connectivity index (χ0v) is 15.3. The number of likely N-dealkylation sites (tertiary alicyclic amines) is 1. The van der Waals surface area contributed by atoms with Crippen LogP contribution in [0.2, 0.25) is 0 Å². The number of aromatic nitrogens is 4. The first-order chi connectivity index (χ1) is 13.2. The molecule has 2 fully saturated rings. The van der Waals surface area contributed by atoms with Crippen molar-refractivity contribution in [3.63, 3.8) is 0 Å². The summed E-state index contributed by atoms with van der Waals surface area (Å²) >= 11 is 0. The van der Waals surface area contributed by atoms with E-state index in [9.17, 15) is 9.59 Å². The third kappa shape index (κ3) is 3.99. The molecule has 0 bridgehead atoms. The lowest BCUT2D eigenvalue weighted by Gasteiger charge is -2.24. The standard InChI is InChI=1S/C19H24N6O2/c26-18(21-15-4-1-2-5-15)17-13-24(23-22-17)12-16-6-3-11-25(16)19(27)14-7-9-20-10-8-14/h7-10,13,15-16H,1-6,11-12H2,(H,21,26)/t16-/m0/s1. The number of hydrogen-bond acceptors (Lipinski definition) is 5. The van der Waals surface area contributed by atoms with Crippen LogP contribution in [-0.2, 0) is 6.54 Å². The average molecular weight is 368 g/mol. The summed E-state index contributed by atoms with van der Waals surface area (Å²) in [4.78, 5) is 30.9. The number of amides is 2. The molecule has 1 aliphatic carbocycles. The van der Waals surface area contributed by atoms with Gasteiger partial charge >= 0.3 is 0 Å². The van der Waals surface area contributed by atoms with Gasteiger partial charge in [0.15, 0.2) is 5.69 Å². The fourth-order valence-electron chi connectivity index (χ4n) is 3.99. The van der Waals surface area contributed by atoms with Crippen LogP contribution in [0.3, 0.4) is 0 Å². The van der Waals surface area contributed by atoms with Gasteiger partial charge in [0, 0.05) is 30.5 Å². The van der Waals surface area contributed by atoms with E-state index in [-0.39, 0.29) is 23.9 Å². The van der Waals surface area contributed by atoms with Gasteiger partial charge in [0.25, 0.3) is 11.8 Å². The number of carbonyl (C=O) groups excluding carboxylic acids is 2. The molecule has 1 saturated carbocycles. The molecule has 2 amide bonds. The van der Waals surface area contributed by atoms with Crippen LogP contribution in [0.4, 0.5) is 0 Å². The van der Waals surface area contributed by atoms with Gasteiger partial charge in [-0.1, -0.05) is 18.1 Å². The van der Waals surface area contributed by atoms with Crippen molar-refractivity contribution >= 4 is 11.8 Å². The largest absolute Gasteiger partial charge is 0.348 e. The predicted octanol–water partition coefficient (Wildman–Crippen LogP) is 1.65. The van der Waals surface area contributed by atoms with Crippen molar-refractivity contribution < 1.29 is 9.59 Å². The van der Waals surface area contributed by atoms with Gasteiger partial charge in [0.1, 0.15) is 0 Å². The maximum Gasteiger partial charge on any atom is 0.273 e. The Hall–Kier alpha value is -2.77. The average Bonchev–Trinajstić information content (AvgIpc) is 3.44. The summed E-state index contributed by atoms with van der Waals surface area (Å²) in [6, 6.07) is 3.78. The maximum absolute atomic E-state index is 12.7. The van der Waals surface area contributed by atoms with Gasteiger partial charge in [-0.2, -0.15) is 0 Å². The van der Waals surface area contributed by atoms with E-state index in [1.165, 1.54) is 12.8 Å². The molecule has 0 spiro atoms. The van der Waals surface area contributed by atoms with Gasteiger partial charge in [-0.25, -0.2) is 4.68 Å². The Morgan fingerprint density at radius 1 is 1.11 bits per heavy atom. The molecule has 27 heavy (non-hydrogen) atoms. The summed E-state index contributed by atoms with van der Waals surface area (Å²) in [6.07, 6.45) is 11.2. The van der Waals surface area contributed by atoms with Crippen molar-refractivity contribution in [2.24, 2.45) is 0 Å². The Balaban J connectivity index is 1.39. The summed E-state index contributed by atoms with van der Waals surface area (Å²) in [7, 11) is 0. The maximum atomic E-state index is 12.7. The number of nitrogens with one attached hydrogen (secondary N) is 1. The highest BCUT2D eigenvalue weighted by Gasteiger charge is 2.30. The molecule has 0 unspecified atom stereocenters. The fraction of sp³-hybridized carbons (Fsp3) is 0.526. The van der Waals surface area contributed by atoms with Crippen LogP contribution in [0, 0.1) is 0 Å². The lowest BCUT2D eigenvalue weighted by Crippen LogP contribution is -2.38. The number of carbonyl (C=O) groups is 2. The number of nitrogens with zero attached hydrogens (tertiary/aromatic N) is 5. The molecule has 2 aromatic heterocycles. The van der Waals surface area contributed by atoms with Crippen LogP contribution in [0.5, 0.6) is 0 Å². The molecule has 1 atom stereocenters. The van der Waals surface area contributed by atoms with Crippen LogP contribution < -0.4 is 5.32 Å². The Bertz CT molecular complexity index is 800. The van der Waals surface area contributed by atoms with Crippen molar-refractivity contribution in [1.29, 1.82) is 0 Å². The summed E-state index contributed by atoms with van der Waals surface area (Å²) in [5.74, 6) is -0.150. The van der Waals surface area contributed by atoms with Crippen molar-refractivity contribution in [2.75, 3.05) is 6.54 Å². The minimum absolute atomic E-state index is 0.0132. The van der Waals surface area contributed by atoms with E-state index in [1.54, 1.807) is 35.4 Å². The van der Waals surface area contributed by atoms with E-state index in [2.05, 4.69) is 20.6 Å². The molecule has 1 aliphatic heterocycles. The topological polar surface area (TPSA) is 93.0 Å². The zero-order chi connectivity index (χ0) is 18.6. The van der Waals surface area contributed by atoms with E-state index in [1.807, 2.05) is 4.90 Å². The lowest BCUT2D eigenvalue weighted by atomic mass is 10.2. The first-order valence-corrected chi connectivity index (χ1v) is 9.63. The minimum Gasteiger partial charge on any atom is -0.348 e. The summed E-state index contributed by atoms with van der Waals surface area (Å²) in [5.41, 5.74) is 0.985. The molecule has 2 aliphatic rings. The molecule has 2 aromatic rings. The lowest BCUT2D eigenvalue weighted by molar-refractivity contribution is 0.0720. The van der Waals surface area contributed by atoms with Gasteiger partial charge in [-0.15, -0.1) is 5.10 Å². The third-order valence-corrected chi connectivity index (χ3v) is 5.42. The predicted molar refractivity (Wildman–Crippen MR) is 98.0 cm³/mol. The molecular weight excluding hydrogens is 344 g/mol. The first-order valence-electron chi connectivity index (χ1n) is 9.63. The van der Waals surface area contributed by atoms with Crippen LogP contribution in [0.1, 0.15) is 59.4 Å². The molecule has 1 N–H and O–H groups in total. The van der Waals surface area contributed by atoms with Gasteiger partial charge in [0.2, 0.25) is 0 Å². The van der Waals surface area contributed by atoms with E-state index < -0.39 is 0 Å². The van der Waals surface area contributed by atoms with Crippen molar-refractivity contribution in [2.45, 2.75) is 57.2 Å². The van der Waals surface area contributed by atoms with E-state index in [0.29, 0.717) is 17.8 Å². The number of hydrogen-bond donors (Lipinski definition) is 1. The molecule has 8 nitrogen and oxygen atoms in total. The second-order valence-electron chi connectivity index (χ2n) is 7.31. The van der Waals surface area contributed by atoms with Crippen LogP contribution >= 0.6 is 0 Å². The zero-order valence-electron chi connectivity index (χ0n) is 15.3. The normalized spacial score (nSPS) is 20.1. The first kappa shape index (κ1) is 17.6. The van der Waals surface area contributed by atoms with Gasteiger partial charge in [-0.05, 0) is 37.8 Å².